The maximum Gasteiger partial charge on any atom is 0.279 e. The van der Waals surface area contributed by atoms with Crippen LogP contribution in [0.15, 0.2) is 6.07 Å². The molecule has 2 saturated heterocycles. The topological polar surface area (TPSA) is 78.4 Å². The number of anilines is 1. The number of aryl methyl sites for hydroxylation is 1. The minimum Gasteiger partial charge on any atom is -0.341 e. The van der Waals surface area contributed by atoms with E-state index in [9.17, 15) is 8.42 Å². The van der Waals surface area contributed by atoms with E-state index in [0.29, 0.717) is 19.0 Å². The number of nitrogens with zero attached hydrogens (tertiary/aromatic N) is 4. The number of nitrogens with one attached hydrogen (secondary N) is 1. The van der Waals surface area contributed by atoms with Crippen molar-refractivity contribution in [1.29, 1.82) is 0 Å². The summed E-state index contributed by atoms with van der Waals surface area (Å²) in [6.07, 6.45) is 4.20. The van der Waals surface area contributed by atoms with Gasteiger partial charge in [0, 0.05) is 31.9 Å². The van der Waals surface area contributed by atoms with Crippen molar-refractivity contribution < 1.29 is 8.42 Å². The van der Waals surface area contributed by atoms with Gasteiger partial charge in [-0.1, -0.05) is 0 Å². The molecule has 3 rings (SSSR count). The van der Waals surface area contributed by atoms with Crippen LogP contribution in [0.1, 0.15) is 37.1 Å². The van der Waals surface area contributed by atoms with Gasteiger partial charge in [0.05, 0.1) is 12.2 Å². The fourth-order valence-corrected chi connectivity index (χ4v) is 4.20. The van der Waals surface area contributed by atoms with Crippen molar-refractivity contribution in [1.82, 2.24) is 19.0 Å². The average Bonchev–Trinajstić information content (AvgIpc) is 3.17. The third-order valence-corrected chi connectivity index (χ3v) is 5.68. The van der Waals surface area contributed by atoms with Gasteiger partial charge in [-0.25, -0.2) is 9.97 Å². The van der Waals surface area contributed by atoms with Crippen LogP contribution in [0, 0.1) is 6.92 Å². The molecular formula is C14H23N5O2S. The standard InChI is InChI=1S/C14H23N5O2S/c1-12-10-13(17-14(16-12)18-6-2-3-7-18)11-15-22(20,21)19-8-4-5-9-19/h10,15H,2-9,11H2,1H3. The molecule has 22 heavy (non-hydrogen) atoms. The Hall–Kier alpha value is -1.25. The predicted molar refractivity (Wildman–Crippen MR) is 84.8 cm³/mol. The van der Waals surface area contributed by atoms with Crippen molar-refractivity contribution in [2.45, 2.75) is 39.2 Å². The Bertz CT molecular complexity index is 622. The van der Waals surface area contributed by atoms with Gasteiger partial charge in [0.15, 0.2) is 0 Å². The number of hydrogen-bond acceptors (Lipinski definition) is 5. The van der Waals surface area contributed by atoms with Gasteiger partial charge in [0.2, 0.25) is 5.95 Å². The minimum absolute atomic E-state index is 0.211. The normalized spacial score (nSPS) is 20.0. The molecule has 2 fully saturated rings. The van der Waals surface area contributed by atoms with Crippen LogP contribution in [0.3, 0.4) is 0 Å². The second-order valence-corrected chi connectivity index (χ2v) is 7.68. The maximum absolute atomic E-state index is 12.2. The first-order chi connectivity index (χ1) is 10.5. The SMILES string of the molecule is Cc1cc(CNS(=O)(=O)N2CCCC2)nc(N2CCCC2)n1. The minimum atomic E-state index is -3.39. The smallest absolute Gasteiger partial charge is 0.279 e. The van der Waals surface area contributed by atoms with Crippen LogP contribution in [0.25, 0.3) is 0 Å². The summed E-state index contributed by atoms with van der Waals surface area (Å²) < 4.78 is 28.5. The quantitative estimate of drug-likeness (QED) is 0.867. The van der Waals surface area contributed by atoms with Crippen LogP contribution in [0.2, 0.25) is 0 Å². The molecule has 0 saturated carbocycles. The molecule has 7 nitrogen and oxygen atoms in total. The summed E-state index contributed by atoms with van der Waals surface area (Å²) in [4.78, 5) is 11.1. The summed E-state index contributed by atoms with van der Waals surface area (Å²) in [6.45, 7) is 5.29. The summed E-state index contributed by atoms with van der Waals surface area (Å²) in [5, 5.41) is 0. The zero-order valence-corrected chi connectivity index (χ0v) is 13.8. The zero-order chi connectivity index (χ0) is 15.6. The molecule has 1 aromatic heterocycles. The zero-order valence-electron chi connectivity index (χ0n) is 13.0. The Kier molecular flexibility index (Phi) is 4.60. The van der Waals surface area contributed by atoms with Crippen LogP contribution >= 0.6 is 0 Å². The molecule has 0 aliphatic carbocycles. The number of aromatic nitrogens is 2. The number of hydrogen-bond donors (Lipinski definition) is 1. The van der Waals surface area contributed by atoms with Crippen molar-refractivity contribution in [3.63, 3.8) is 0 Å². The Morgan fingerprint density at radius 3 is 2.41 bits per heavy atom. The molecule has 2 aliphatic heterocycles. The van der Waals surface area contributed by atoms with Crippen LogP contribution in [0.4, 0.5) is 5.95 Å². The molecule has 0 amide bonds. The lowest BCUT2D eigenvalue weighted by atomic mass is 10.3. The largest absolute Gasteiger partial charge is 0.341 e. The molecule has 1 N–H and O–H groups in total. The fraction of sp³-hybridized carbons (Fsp3) is 0.714. The highest BCUT2D eigenvalue weighted by Gasteiger charge is 2.25. The first-order valence-corrected chi connectivity index (χ1v) is 9.33. The summed E-state index contributed by atoms with van der Waals surface area (Å²) >= 11 is 0. The molecule has 3 heterocycles. The molecule has 122 valence electrons. The van der Waals surface area contributed by atoms with Crippen LogP contribution in [0.5, 0.6) is 0 Å². The van der Waals surface area contributed by atoms with E-state index in [1.807, 2.05) is 13.0 Å². The lowest BCUT2D eigenvalue weighted by Crippen LogP contribution is -2.38. The molecule has 0 aromatic carbocycles. The van der Waals surface area contributed by atoms with Crippen molar-refractivity contribution in [2.75, 3.05) is 31.1 Å². The van der Waals surface area contributed by atoms with Gasteiger partial charge < -0.3 is 4.90 Å². The van der Waals surface area contributed by atoms with E-state index in [-0.39, 0.29) is 6.54 Å². The summed E-state index contributed by atoms with van der Waals surface area (Å²) in [5.74, 6) is 0.716. The third kappa shape index (κ3) is 3.56. The van der Waals surface area contributed by atoms with Crippen molar-refractivity contribution in [2.24, 2.45) is 0 Å². The molecule has 0 atom stereocenters. The van der Waals surface area contributed by atoms with Crippen molar-refractivity contribution in [3.05, 3.63) is 17.5 Å². The highest BCUT2D eigenvalue weighted by atomic mass is 32.2. The van der Waals surface area contributed by atoms with E-state index in [4.69, 9.17) is 0 Å². The second-order valence-electron chi connectivity index (χ2n) is 5.93. The Balaban J connectivity index is 1.69. The molecule has 1 aromatic rings. The number of rotatable bonds is 5. The van der Waals surface area contributed by atoms with Gasteiger partial charge in [0.1, 0.15) is 0 Å². The van der Waals surface area contributed by atoms with E-state index in [1.54, 1.807) is 0 Å². The highest BCUT2D eigenvalue weighted by molar-refractivity contribution is 7.87. The molecule has 8 heteroatoms. The Morgan fingerprint density at radius 2 is 1.73 bits per heavy atom. The van der Waals surface area contributed by atoms with Crippen LogP contribution in [-0.2, 0) is 16.8 Å². The van der Waals surface area contributed by atoms with Gasteiger partial charge in [-0.2, -0.15) is 17.4 Å². The summed E-state index contributed by atoms with van der Waals surface area (Å²) in [7, 11) is -3.39. The lowest BCUT2D eigenvalue weighted by molar-refractivity contribution is 0.464. The molecule has 0 unspecified atom stereocenters. The van der Waals surface area contributed by atoms with Gasteiger partial charge in [-0.3, -0.25) is 0 Å². The molecule has 0 radical (unpaired) electrons. The fourth-order valence-electron chi connectivity index (χ4n) is 2.95. The molecule has 0 bridgehead atoms. The van der Waals surface area contributed by atoms with E-state index in [2.05, 4.69) is 19.6 Å². The molecule has 2 aliphatic rings. The molecule has 0 spiro atoms. The van der Waals surface area contributed by atoms with Crippen molar-refractivity contribution >= 4 is 16.2 Å². The first-order valence-electron chi connectivity index (χ1n) is 7.89. The Labute approximate surface area is 131 Å². The van der Waals surface area contributed by atoms with Gasteiger partial charge in [-0.15, -0.1) is 0 Å². The monoisotopic (exact) mass is 325 g/mol. The Morgan fingerprint density at radius 1 is 1.09 bits per heavy atom. The summed E-state index contributed by atoms with van der Waals surface area (Å²) in [6, 6.07) is 1.84. The third-order valence-electron chi connectivity index (χ3n) is 4.13. The van der Waals surface area contributed by atoms with Crippen LogP contribution in [-0.4, -0.2) is 48.9 Å². The highest BCUT2D eigenvalue weighted by Crippen LogP contribution is 2.17. The van der Waals surface area contributed by atoms with Crippen LogP contribution < -0.4 is 9.62 Å². The lowest BCUT2D eigenvalue weighted by Gasteiger charge is -2.18. The first kappa shape index (κ1) is 15.6. The average molecular weight is 325 g/mol. The second kappa shape index (κ2) is 6.47. The van der Waals surface area contributed by atoms with E-state index < -0.39 is 10.2 Å². The maximum atomic E-state index is 12.2. The van der Waals surface area contributed by atoms with E-state index >= 15 is 0 Å². The summed E-state index contributed by atoms with van der Waals surface area (Å²) in [5.41, 5.74) is 1.59. The van der Waals surface area contributed by atoms with Gasteiger partial charge >= 0.3 is 0 Å². The van der Waals surface area contributed by atoms with E-state index in [0.717, 1.165) is 50.2 Å². The van der Waals surface area contributed by atoms with Gasteiger partial charge in [0.25, 0.3) is 10.2 Å². The van der Waals surface area contributed by atoms with Gasteiger partial charge in [-0.05, 0) is 38.7 Å². The predicted octanol–water partition coefficient (Wildman–Crippen LogP) is 0.815. The van der Waals surface area contributed by atoms with Crippen molar-refractivity contribution in [3.8, 4) is 0 Å². The van der Waals surface area contributed by atoms with E-state index in [1.165, 1.54) is 4.31 Å². The molecular weight excluding hydrogens is 302 g/mol.